The van der Waals surface area contributed by atoms with Crippen molar-refractivity contribution < 1.29 is 0 Å². The average Bonchev–Trinajstić information content (AvgIpc) is 2.83. The van der Waals surface area contributed by atoms with Gasteiger partial charge in [0.2, 0.25) is 0 Å². The Balaban J connectivity index is 1.99. The summed E-state index contributed by atoms with van der Waals surface area (Å²) in [4.78, 5) is 9.37. The number of rotatable bonds is 6. The summed E-state index contributed by atoms with van der Waals surface area (Å²) in [5.41, 5.74) is 0.929. The lowest BCUT2D eigenvalue weighted by atomic mass is 10.1. The van der Waals surface area contributed by atoms with Crippen LogP contribution in [0.2, 0.25) is 5.02 Å². The molecule has 2 rings (SSSR count). The minimum absolute atomic E-state index is 0.429. The molecule has 0 aromatic carbocycles. The number of hydrogen-bond acceptors (Lipinski definition) is 4. The second-order valence-corrected chi connectivity index (χ2v) is 6.84. The molecule has 1 saturated heterocycles. The minimum Gasteiger partial charge on any atom is -0.359 e. The van der Waals surface area contributed by atoms with Gasteiger partial charge >= 0.3 is 0 Å². The first-order valence-electron chi connectivity index (χ1n) is 7.74. The van der Waals surface area contributed by atoms with Gasteiger partial charge in [-0.25, -0.2) is 4.98 Å². The van der Waals surface area contributed by atoms with E-state index < -0.39 is 0 Å². The second-order valence-electron chi connectivity index (χ2n) is 6.43. The summed E-state index contributed by atoms with van der Waals surface area (Å²) < 4.78 is 0. The third-order valence-corrected chi connectivity index (χ3v) is 4.34. The first-order chi connectivity index (χ1) is 9.95. The summed E-state index contributed by atoms with van der Waals surface area (Å²) in [7, 11) is 4.31. The fourth-order valence-electron chi connectivity index (χ4n) is 2.77. The summed E-state index contributed by atoms with van der Waals surface area (Å²) in [5.74, 6) is 1.74. The van der Waals surface area contributed by atoms with Crippen LogP contribution >= 0.6 is 11.6 Å². The summed E-state index contributed by atoms with van der Waals surface area (Å²) in [6, 6.07) is 4.40. The van der Waals surface area contributed by atoms with Crippen molar-refractivity contribution in [2.75, 3.05) is 38.6 Å². The van der Waals surface area contributed by atoms with E-state index in [0.717, 1.165) is 29.0 Å². The summed E-state index contributed by atoms with van der Waals surface area (Å²) in [5, 5.41) is 4.11. The molecular formula is C16H27ClN4. The van der Waals surface area contributed by atoms with Crippen molar-refractivity contribution in [1.29, 1.82) is 0 Å². The van der Waals surface area contributed by atoms with E-state index in [4.69, 9.17) is 16.6 Å². The van der Waals surface area contributed by atoms with Crippen LogP contribution in [-0.4, -0.2) is 49.7 Å². The Labute approximate surface area is 133 Å². The predicted molar refractivity (Wildman–Crippen MR) is 90.1 cm³/mol. The van der Waals surface area contributed by atoms with E-state index in [1.165, 1.54) is 19.5 Å². The number of halogens is 1. The van der Waals surface area contributed by atoms with Crippen LogP contribution in [0.15, 0.2) is 12.1 Å². The predicted octanol–water partition coefficient (Wildman–Crippen LogP) is 2.62. The average molecular weight is 311 g/mol. The van der Waals surface area contributed by atoms with Crippen molar-refractivity contribution >= 4 is 17.4 Å². The molecular weight excluding hydrogens is 284 g/mol. The molecule has 1 aliphatic heterocycles. The van der Waals surface area contributed by atoms with Crippen LogP contribution < -0.4 is 10.2 Å². The van der Waals surface area contributed by atoms with Crippen molar-refractivity contribution in [2.24, 2.45) is 5.92 Å². The van der Waals surface area contributed by atoms with Gasteiger partial charge in [0.1, 0.15) is 5.82 Å². The lowest BCUT2D eigenvalue weighted by molar-refractivity contribution is 0.395. The van der Waals surface area contributed by atoms with Crippen molar-refractivity contribution in [2.45, 2.75) is 32.9 Å². The molecule has 0 radical (unpaired) electrons. The van der Waals surface area contributed by atoms with Gasteiger partial charge in [-0.05, 0) is 38.1 Å². The van der Waals surface area contributed by atoms with E-state index >= 15 is 0 Å². The number of nitrogens with one attached hydrogen (secondary N) is 1. The van der Waals surface area contributed by atoms with Gasteiger partial charge in [-0.2, -0.15) is 0 Å². The molecule has 1 aliphatic rings. The Morgan fingerprint density at radius 3 is 2.86 bits per heavy atom. The quantitative estimate of drug-likeness (QED) is 0.875. The molecule has 21 heavy (non-hydrogen) atoms. The first-order valence-corrected chi connectivity index (χ1v) is 8.12. The molecule has 0 bridgehead atoms. The van der Waals surface area contributed by atoms with E-state index in [0.29, 0.717) is 12.6 Å². The Morgan fingerprint density at radius 1 is 1.48 bits per heavy atom. The van der Waals surface area contributed by atoms with Crippen LogP contribution in [0.1, 0.15) is 26.0 Å². The van der Waals surface area contributed by atoms with Gasteiger partial charge in [0.15, 0.2) is 0 Å². The molecule has 1 unspecified atom stereocenters. The van der Waals surface area contributed by atoms with Crippen molar-refractivity contribution in [1.82, 2.24) is 15.2 Å². The number of hydrogen-bond donors (Lipinski definition) is 1. The van der Waals surface area contributed by atoms with E-state index in [1.54, 1.807) is 0 Å². The summed E-state index contributed by atoms with van der Waals surface area (Å²) in [6.07, 6.45) is 1.27. The van der Waals surface area contributed by atoms with Crippen LogP contribution in [0.4, 0.5) is 5.82 Å². The van der Waals surface area contributed by atoms with E-state index in [1.807, 2.05) is 12.1 Å². The Hall–Kier alpha value is -0.840. The molecule has 1 aromatic rings. The zero-order chi connectivity index (χ0) is 15.4. The monoisotopic (exact) mass is 310 g/mol. The lowest BCUT2D eigenvalue weighted by Crippen LogP contribution is -2.28. The van der Waals surface area contributed by atoms with Gasteiger partial charge < -0.3 is 15.1 Å². The van der Waals surface area contributed by atoms with Gasteiger partial charge in [0, 0.05) is 32.7 Å². The highest BCUT2D eigenvalue weighted by molar-refractivity contribution is 6.31. The van der Waals surface area contributed by atoms with E-state index in [-0.39, 0.29) is 0 Å². The highest BCUT2D eigenvalue weighted by atomic mass is 35.5. The maximum atomic E-state index is 6.25. The topological polar surface area (TPSA) is 31.4 Å². The van der Waals surface area contributed by atoms with Gasteiger partial charge in [-0.15, -0.1) is 0 Å². The maximum absolute atomic E-state index is 6.25. The Bertz CT molecular complexity index is 464. The van der Waals surface area contributed by atoms with Crippen LogP contribution in [-0.2, 0) is 6.54 Å². The molecule has 0 amide bonds. The zero-order valence-corrected chi connectivity index (χ0v) is 14.3. The summed E-state index contributed by atoms with van der Waals surface area (Å²) in [6.45, 7) is 8.40. The van der Waals surface area contributed by atoms with Crippen molar-refractivity contribution in [3.8, 4) is 0 Å². The van der Waals surface area contributed by atoms with Gasteiger partial charge in [-0.3, -0.25) is 0 Å². The van der Waals surface area contributed by atoms with Gasteiger partial charge in [-0.1, -0.05) is 25.4 Å². The number of aromatic nitrogens is 1. The maximum Gasteiger partial charge on any atom is 0.128 e. The third-order valence-electron chi connectivity index (χ3n) is 3.99. The van der Waals surface area contributed by atoms with Crippen LogP contribution in [0, 0.1) is 5.92 Å². The molecule has 0 aliphatic carbocycles. The lowest BCUT2D eigenvalue weighted by Gasteiger charge is -2.23. The number of pyridine rings is 1. The SMILES string of the molecule is CC(C)NCc1nc(N(C)CC2CCN(C)C2)ccc1Cl. The zero-order valence-electron chi connectivity index (χ0n) is 13.6. The summed E-state index contributed by atoms with van der Waals surface area (Å²) >= 11 is 6.25. The molecule has 5 heteroatoms. The normalized spacial score (nSPS) is 19.4. The fourth-order valence-corrected chi connectivity index (χ4v) is 2.94. The number of nitrogens with zero attached hydrogens (tertiary/aromatic N) is 3. The molecule has 1 atom stereocenters. The van der Waals surface area contributed by atoms with E-state index in [9.17, 15) is 0 Å². The molecule has 0 spiro atoms. The highest BCUT2D eigenvalue weighted by Gasteiger charge is 2.21. The smallest absolute Gasteiger partial charge is 0.128 e. The minimum atomic E-state index is 0.429. The fraction of sp³-hybridized carbons (Fsp3) is 0.688. The molecule has 1 aromatic heterocycles. The van der Waals surface area contributed by atoms with Crippen molar-refractivity contribution in [3.05, 3.63) is 22.8 Å². The molecule has 4 nitrogen and oxygen atoms in total. The molecule has 2 heterocycles. The van der Waals surface area contributed by atoms with Gasteiger partial charge in [0.25, 0.3) is 0 Å². The van der Waals surface area contributed by atoms with Crippen LogP contribution in [0.3, 0.4) is 0 Å². The third kappa shape index (κ3) is 4.83. The van der Waals surface area contributed by atoms with Gasteiger partial charge in [0.05, 0.1) is 10.7 Å². The highest BCUT2D eigenvalue weighted by Crippen LogP contribution is 2.21. The molecule has 1 fully saturated rings. The number of anilines is 1. The first kappa shape index (κ1) is 16.5. The van der Waals surface area contributed by atoms with Crippen molar-refractivity contribution in [3.63, 3.8) is 0 Å². The standard InChI is InChI=1S/C16H27ClN4/c1-12(2)18-9-15-14(17)5-6-16(19-15)21(4)11-13-7-8-20(3)10-13/h5-6,12-13,18H,7-11H2,1-4H3. The molecule has 118 valence electrons. The van der Waals surface area contributed by atoms with E-state index in [2.05, 4.69) is 43.1 Å². The number of likely N-dealkylation sites (tertiary alicyclic amines) is 1. The second kappa shape index (κ2) is 7.43. The Morgan fingerprint density at radius 2 is 2.24 bits per heavy atom. The largest absolute Gasteiger partial charge is 0.359 e. The molecule has 1 N–H and O–H groups in total. The van der Waals surface area contributed by atoms with Crippen LogP contribution in [0.5, 0.6) is 0 Å². The van der Waals surface area contributed by atoms with Crippen LogP contribution in [0.25, 0.3) is 0 Å². The molecule has 0 saturated carbocycles. The Kier molecular flexibility index (Phi) is 5.85.